The average molecular weight is 432 g/mol. The third kappa shape index (κ3) is 4.26. The molecule has 1 aliphatic carbocycles. The van der Waals surface area contributed by atoms with Gasteiger partial charge in [-0.3, -0.25) is 0 Å². The molecular formula is C20H16Br2O. The molecule has 0 aliphatic heterocycles. The summed E-state index contributed by atoms with van der Waals surface area (Å²) in [6, 6.07) is 14.4. The summed E-state index contributed by atoms with van der Waals surface area (Å²) < 4.78 is 7.94. The van der Waals surface area contributed by atoms with Gasteiger partial charge in [0.2, 0.25) is 0 Å². The molecule has 3 heteroatoms. The van der Waals surface area contributed by atoms with Crippen LogP contribution in [-0.2, 0) is 0 Å². The number of hydrogen-bond donors (Lipinski definition) is 0. The van der Waals surface area contributed by atoms with Gasteiger partial charge in [-0.15, -0.1) is 5.73 Å². The number of allylic oxidation sites excluding steroid dienone is 1. The van der Waals surface area contributed by atoms with Crippen LogP contribution in [0.15, 0.2) is 75.4 Å². The Morgan fingerprint density at radius 1 is 1.09 bits per heavy atom. The molecule has 0 heterocycles. The second-order valence-corrected chi connectivity index (χ2v) is 7.18. The Balaban J connectivity index is 2.14. The summed E-state index contributed by atoms with van der Waals surface area (Å²) in [6.07, 6.45) is 4.03. The van der Waals surface area contributed by atoms with E-state index in [-0.39, 0.29) is 0 Å². The number of halogens is 2. The van der Waals surface area contributed by atoms with Crippen molar-refractivity contribution in [1.29, 1.82) is 0 Å². The molecule has 0 amide bonds. The van der Waals surface area contributed by atoms with E-state index in [9.17, 15) is 0 Å². The molecule has 2 aromatic carbocycles. The van der Waals surface area contributed by atoms with Crippen LogP contribution in [0.3, 0.4) is 0 Å². The highest BCUT2D eigenvalue weighted by atomic mass is 79.9. The largest absolute Gasteiger partial charge is 0.489 e. The smallest absolute Gasteiger partial charge is 0.128 e. The van der Waals surface area contributed by atoms with Crippen LogP contribution in [0, 0.1) is 0 Å². The van der Waals surface area contributed by atoms with Crippen LogP contribution in [0.25, 0.3) is 5.57 Å². The molecule has 0 spiro atoms. The minimum absolute atomic E-state index is 0.485. The summed E-state index contributed by atoms with van der Waals surface area (Å²) in [5, 5.41) is 0. The Bertz CT molecular complexity index is 791. The van der Waals surface area contributed by atoms with Crippen molar-refractivity contribution in [2.45, 2.75) is 12.8 Å². The summed E-state index contributed by atoms with van der Waals surface area (Å²) in [7, 11) is 0. The lowest BCUT2D eigenvalue weighted by Crippen LogP contribution is -1.98. The van der Waals surface area contributed by atoms with E-state index in [0.29, 0.717) is 6.61 Å². The van der Waals surface area contributed by atoms with Crippen LogP contribution in [0.4, 0.5) is 0 Å². The first kappa shape index (κ1) is 16.3. The monoisotopic (exact) mass is 430 g/mol. The van der Waals surface area contributed by atoms with Crippen LogP contribution >= 0.6 is 31.9 Å². The van der Waals surface area contributed by atoms with Crippen molar-refractivity contribution < 1.29 is 4.74 Å². The Morgan fingerprint density at radius 2 is 1.78 bits per heavy atom. The van der Waals surface area contributed by atoms with Gasteiger partial charge in [0.1, 0.15) is 12.4 Å². The third-order valence-electron chi connectivity index (χ3n) is 3.50. The predicted molar refractivity (Wildman–Crippen MR) is 103 cm³/mol. The SMILES string of the molecule is C=CCOc1ccc(Br)cc1C(=C=C1CC1)c1ccc(Br)cc1. The van der Waals surface area contributed by atoms with Gasteiger partial charge < -0.3 is 4.74 Å². The van der Waals surface area contributed by atoms with E-state index in [1.165, 1.54) is 5.57 Å². The van der Waals surface area contributed by atoms with Crippen LogP contribution in [0.5, 0.6) is 5.75 Å². The van der Waals surface area contributed by atoms with Crippen molar-refractivity contribution in [2.24, 2.45) is 0 Å². The van der Waals surface area contributed by atoms with Gasteiger partial charge in [-0.05, 0) is 54.3 Å². The van der Waals surface area contributed by atoms with E-state index in [0.717, 1.165) is 44.2 Å². The van der Waals surface area contributed by atoms with E-state index in [2.05, 4.69) is 74.5 Å². The lowest BCUT2D eigenvalue weighted by molar-refractivity contribution is 0.362. The molecule has 1 aliphatic rings. The highest BCUT2D eigenvalue weighted by Crippen LogP contribution is 2.36. The summed E-state index contributed by atoms with van der Waals surface area (Å²) in [5.74, 6) is 0.847. The topological polar surface area (TPSA) is 9.23 Å². The standard InChI is InChI=1S/C20H16Br2O/c1-2-11-23-20-10-9-17(22)13-19(20)18(12-14-3-4-14)15-5-7-16(21)8-6-15/h2,5-10,13H,1,3-4,11H2. The molecule has 0 radical (unpaired) electrons. The number of rotatable bonds is 5. The number of hydrogen-bond acceptors (Lipinski definition) is 1. The van der Waals surface area contributed by atoms with Gasteiger partial charge in [-0.25, -0.2) is 0 Å². The first-order valence-corrected chi connectivity index (χ1v) is 9.04. The molecule has 3 rings (SSSR count). The Kier molecular flexibility index (Phi) is 5.22. The Labute approximate surface area is 153 Å². The van der Waals surface area contributed by atoms with Crippen molar-refractivity contribution in [1.82, 2.24) is 0 Å². The molecule has 0 unspecified atom stereocenters. The van der Waals surface area contributed by atoms with Gasteiger partial charge in [-0.1, -0.05) is 56.6 Å². The summed E-state index contributed by atoms with van der Waals surface area (Å²) in [4.78, 5) is 0. The van der Waals surface area contributed by atoms with Gasteiger partial charge in [0.15, 0.2) is 0 Å². The third-order valence-corrected chi connectivity index (χ3v) is 4.52. The molecule has 0 N–H and O–H groups in total. The average Bonchev–Trinajstić information content (AvgIpc) is 3.37. The van der Waals surface area contributed by atoms with E-state index in [1.54, 1.807) is 6.08 Å². The molecule has 116 valence electrons. The highest BCUT2D eigenvalue weighted by molar-refractivity contribution is 9.10. The van der Waals surface area contributed by atoms with Crippen LogP contribution in [0.1, 0.15) is 24.0 Å². The molecule has 0 aromatic heterocycles. The zero-order valence-corrected chi connectivity index (χ0v) is 15.8. The van der Waals surface area contributed by atoms with E-state index in [4.69, 9.17) is 4.74 Å². The first-order chi connectivity index (χ1) is 11.2. The second kappa shape index (κ2) is 7.35. The molecule has 0 saturated heterocycles. The molecule has 1 fully saturated rings. The molecule has 0 bridgehead atoms. The zero-order valence-electron chi connectivity index (χ0n) is 12.6. The second-order valence-electron chi connectivity index (χ2n) is 5.35. The minimum atomic E-state index is 0.485. The Morgan fingerprint density at radius 3 is 2.43 bits per heavy atom. The van der Waals surface area contributed by atoms with E-state index in [1.807, 2.05) is 12.1 Å². The molecule has 2 aromatic rings. The van der Waals surface area contributed by atoms with Crippen molar-refractivity contribution >= 4 is 37.4 Å². The van der Waals surface area contributed by atoms with Crippen molar-refractivity contribution in [3.63, 3.8) is 0 Å². The van der Waals surface area contributed by atoms with Gasteiger partial charge in [0.25, 0.3) is 0 Å². The number of benzene rings is 2. The van der Waals surface area contributed by atoms with Crippen molar-refractivity contribution in [2.75, 3.05) is 6.61 Å². The molecule has 1 saturated carbocycles. The quantitative estimate of drug-likeness (QED) is 0.386. The van der Waals surface area contributed by atoms with Gasteiger partial charge in [0, 0.05) is 20.1 Å². The first-order valence-electron chi connectivity index (χ1n) is 7.45. The van der Waals surface area contributed by atoms with Gasteiger partial charge >= 0.3 is 0 Å². The van der Waals surface area contributed by atoms with Crippen LogP contribution < -0.4 is 4.74 Å². The van der Waals surface area contributed by atoms with Crippen LogP contribution in [-0.4, -0.2) is 6.61 Å². The highest BCUT2D eigenvalue weighted by Gasteiger charge is 2.16. The maximum Gasteiger partial charge on any atom is 0.128 e. The zero-order chi connectivity index (χ0) is 16.2. The van der Waals surface area contributed by atoms with Gasteiger partial charge in [-0.2, -0.15) is 0 Å². The predicted octanol–water partition coefficient (Wildman–Crippen LogP) is 6.53. The summed E-state index contributed by atoms with van der Waals surface area (Å²) in [6.45, 7) is 4.21. The Hall–Kier alpha value is -1.54. The lowest BCUT2D eigenvalue weighted by atomic mass is 9.97. The lowest BCUT2D eigenvalue weighted by Gasteiger charge is -2.13. The van der Waals surface area contributed by atoms with E-state index < -0.39 is 0 Å². The molecule has 0 atom stereocenters. The molecular weight excluding hydrogens is 416 g/mol. The summed E-state index contributed by atoms with van der Waals surface area (Å²) in [5.41, 5.74) is 8.19. The maximum atomic E-state index is 5.85. The van der Waals surface area contributed by atoms with Crippen molar-refractivity contribution in [3.05, 3.63) is 86.5 Å². The maximum absolute atomic E-state index is 5.85. The van der Waals surface area contributed by atoms with Gasteiger partial charge in [0.05, 0.1) is 0 Å². The normalized spacial score (nSPS) is 12.5. The molecule has 1 nitrogen and oxygen atoms in total. The minimum Gasteiger partial charge on any atom is -0.489 e. The van der Waals surface area contributed by atoms with Crippen LogP contribution in [0.2, 0.25) is 0 Å². The molecule has 23 heavy (non-hydrogen) atoms. The summed E-state index contributed by atoms with van der Waals surface area (Å²) >= 11 is 7.06. The fourth-order valence-corrected chi connectivity index (χ4v) is 2.87. The number of ether oxygens (including phenoxy) is 1. The fourth-order valence-electron chi connectivity index (χ4n) is 2.25. The van der Waals surface area contributed by atoms with E-state index >= 15 is 0 Å². The fraction of sp³-hybridized carbons (Fsp3) is 0.150. The van der Waals surface area contributed by atoms with Crippen molar-refractivity contribution in [3.8, 4) is 5.75 Å².